The van der Waals surface area contributed by atoms with Crippen LogP contribution < -0.4 is 5.32 Å². The molecule has 0 bridgehead atoms. The van der Waals surface area contributed by atoms with Gasteiger partial charge in [0.25, 0.3) is 5.91 Å². The average Bonchev–Trinajstić information content (AvgIpc) is 3.05. The number of benzene rings is 1. The van der Waals surface area contributed by atoms with Crippen LogP contribution >= 0.6 is 0 Å². The minimum Gasteiger partial charge on any atom is -0.379 e. The Morgan fingerprint density at radius 3 is 2.82 bits per heavy atom. The first-order valence-corrected chi connectivity index (χ1v) is 9.69. The highest BCUT2D eigenvalue weighted by Crippen LogP contribution is 2.22. The van der Waals surface area contributed by atoms with Crippen LogP contribution in [0, 0.1) is 6.92 Å². The van der Waals surface area contributed by atoms with Crippen molar-refractivity contribution in [3.8, 4) is 0 Å². The number of pyridine rings is 1. The number of rotatable bonds is 5. The third kappa shape index (κ3) is 3.79. The van der Waals surface area contributed by atoms with E-state index in [1.807, 2.05) is 29.9 Å². The predicted molar refractivity (Wildman–Crippen MR) is 109 cm³/mol. The first-order valence-electron chi connectivity index (χ1n) is 9.69. The van der Waals surface area contributed by atoms with Crippen LogP contribution in [-0.4, -0.2) is 53.2 Å². The minimum absolute atomic E-state index is 0.0569. The summed E-state index contributed by atoms with van der Waals surface area (Å²) in [6, 6.07) is 12.3. The van der Waals surface area contributed by atoms with E-state index in [-0.39, 0.29) is 11.9 Å². The van der Waals surface area contributed by atoms with Gasteiger partial charge < -0.3 is 14.6 Å². The maximum atomic E-state index is 12.9. The van der Waals surface area contributed by atoms with Crippen molar-refractivity contribution in [3.63, 3.8) is 0 Å². The van der Waals surface area contributed by atoms with Crippen LogP contribution in [0.3, 0.4) is 0 Å². The normalized spacial score (nSPS) is 16.2. The number of nitrogens with zero attached hydrogens (tertiary/aromatic N) is 3. The molecule has 4 rings (SSSR count). The van der Waals surface area contributed by atoms with E-state index < -0.39 is 0 Å². The third-order valence-electron chi connectivity index (χ3n) is 5.44. The summed E-state index contributed by atoms with van der Waals surface area (Å²) < 4.78 is 7.45. The fourth-order valence-corrected chi connectivity index (χ4v) is 3.89. The van der Waals surface area contributed by atoms with Crippen molar-refractivity contribution in [1.82, 2.24) is 19.8 Å². The van der Waals surface area contributed by atoms with Crippen LogP contribution in [0.4, 0.5) is 0 Å². The van der Waals surface area contributed by atoms with Crippen molar-refractivity contribution in [3.05, 3.63) is 65.6 Å². The van der Waals surface area contributed by atoms with Gasteiger partial charge in [-0.05, 0) is 36.8 Å². The predicted octanol–water partition coefficient (Wildman–Crippen LogP) is 2.69. The summed E-state index contributed by atoms with van der Waals surface area (Å²) in [7, 11) is 1.94. The Morgan fingerprint density at radius 2 is 2.07 bits per heavy atom. The molecule has 1 amide bonds. The first kappa shape index (κ1) is 18.7. The van der Waals surface area contributed by atoms with Crippen LogP contribution in [0.1, 0.15) is 27.7 Å². The number of aromatic nitrogens is 2. The van der Waals surface area contributed by atoms with Gasteiger partial charge in [0.1, 0.15) is 5.69 Å². The lowest BCUT2D eigenvalue weighted by Gasteiger charge is -2.34. The number of morpholine rings is 1. The summed E-state index contributed by atoms with van der Waals surface area (Å²) in [5.74, 6) is -0.0569. The van der Waals surface area contributed by atoms with Crippen molar-refractivity contribution in [1.29, 1.82) is 0 Å². The molecule has 1 aliphatic rings. The number of hydrogen-bond acceptors (Lipinski definition) is 4. The average molecular weight is 378 g/mol. The molecule has 6 heteroatoms. The van der Waals surface area contributed by atoms with Crippen LogP contribution in [0.5, 0.6) is 0 Å². The molecule has 3 heterocycles. The highest BCUT2D eigenvalue weighted by atomic mass is 16.5. The zero-order valence-corrected chi connectivity index (χ0v) is 16.4. The molecule has 1 saturated heterocycles. The molecule has 1 aliphatic heterocycles. The second-order valence-electron chi connectivity index (χ2n) is 7.31. The second-order valence-corrected chi connectivity index (χ2v) is 7.31. The number of ether oxygens (including phenoxy) is 1. The third-order valence-corrected chi connectivity index (χ3v) is 5.44. The summed E-state index contributed by atoms with van der Waals surface area (Å²) in [4.78, 5) is 19.6. The standard InChI is InChI=1S/C22H26N4O2/c1-16-5-6-19-18(12-16)13-20(25(19)2)22(27)24-15-21(17-4-3-7-23-14-17)26-8-10-28-11-9-26/h3-7,12-14,21H,8-11,15H2,1-2H3,(H,24,27). The lowest BCUT2D eigenvalue weighted by atomic mass is 10.1. The van der Waals surface area contributed by atoms with Crippen molar-refractivity contribution in [2.24, 2.45) is 7.05 Å². The van der Waals surface area contributed by atoms with Gasteiger partial charge in [-0.1, -0.05) is 17.7 Å². The van der Waals surface area contributed by atoms with Gasteiger partial charge in [0.2, 0.25) is 0 Å². The lowest BCUT2D eigenvalue weighted by molar-refractivity contribution is 0.0161. The Labute approximate surface area is 165 Å². The quantitative estimate of drug-likeness (QED) is 0.742. The zero-order chi connectivity index (χ0) is 19.5. The van der Waals surface area contributed by atoms with E-state index in [1.54, 1.807) is 6.20 Å². The smallest absolute Gasteiger partial charge is 0.267 e. The van der Waals surface area contributed by atoms with Gasteiger partial charge in [-0.25, -0.2) is 0 Å². The maximum absolute atomic E-state index is 12.9. The van der Waals surface area contributed by atoms with E-state index in [0.29, 0.717) is 25.5 Å². The van der Waals surface area contributed by atoms with Gasteiger partial charge >= 0.3 is 0 Å². The van der Waals surface area contributed by atoms with Crippen LogP contribution in [0.2, 0.25) is 0 Å². The number of amides is 1. The lowest BCUT2D eigenvalue weighted by Crippen LogP contribution is -2.44. The van der Waals surface area contributed by atoms with Crippen LogP contribution in [0.25, 0.3) is 10.9 Å². The van der Waals surface area contributed by atoms with Gasteiger partial charge in [0, 0.05) is 50.0 Å². The van der Waals surface area contributed by atoms with E-state index in [9.17, 15) is 4.79 Å². The number of nitrogens with one attached hydrogen (secondary N) is 1. The summed E-state index contributed by atoms with van der Waals surface area (Å²) in [5.41, 5.74) is 4.03. The Kier molecular flexibility index (Phi) is 5.41. The molecule has 6 nitrogen and oxygen atoms in total. The van der Waals surface area contributed by atoms with Crippen molar-refractivity contribution in [2.75, 3.05) is 32.8 Å². The Bertz CT molecular complexity index is 961. The van der Waals surface area contributed by atoms with Gasteiger partial charge in [0.05, 0.1) is 19.3 Å². The van der Waals surface area contributed by atoms with Crippen LogP contribution in [0.15, 0.2) is 48.8 Å². The topological polar surface area (TPSA) is 59.4 Å². The maximum Gasteiger partial charge on any atom is 0.267 e. The van der Waals surface area contributed by atoms with Gasteiger partial charge in [-0.3, -0.25) is 14.7 Å². The summed E-state index contributed by atoms with van der Waals surface area (Å²) in [6.45, 7) is 5.73. The molecule has 146 valence electrons. The number of aryl methyl sites for hydroxylation is 2. The molecule has 1 unspecified atom stereocenters. The molecule has 0 spiro atoms. The van der Waals surface area contributed by atoms with Gasteiger partial charge in [0.15, 0.2) is 0 Å². The van der Waals surface area contributed by atoms with E-state index in [4.69, 9.17) is 4.74 Å². The molecule has 2 aromatic heterocycles. The van der Waals surface area contributed by atoms with Crippen molar-refractivity contribution >= 4 is 16.8 Å². The number of carbonyl (C=O) groups is 1. The van der Waals surface area contributed by atoms with Gasteiger partial charge in [-0.15, -0.1) is 0 Å². The second kappa shape index (κ2) is 8.12. The van der Waals surface area contributed by atoms with E-state index in [0.717, 1.165) is 29.6 Å². The van der Waals surface area contributed by atoms with E-state index in [2.05, 4.69) is 46.4 Å². The fraction of sp³-hybridized carbons (Fsp3) is 0.364. The summed E-state index contributed by atoms with van der Waals surface area (Å²) >= 11 is 0. The first-order chi connectivity index (χ1) is 13.6. The molecular weight excluding hydrogens is 352 g/mol. The molecule has 1 aromatic carbocycles. The monoisotopic (exact) mass is 378 g/mol. The fourth-order valence-electron chi connectivity index (χ4n) is 3.89. The summed E-state index contributed by atoms with van der Waals surface area (Å²) in [5, 5.41) is 4.23. The minimum atomic E-state index is -0.0569. The molecule has 28 heavy (non-hydrogen) atoms. The Balaban J connectivity index is 1.53. The Hall–Kier alpha value is -2.70. The van der Waals surface area contributed by atoms with Gasteiger partial charge in [-0.2, -0.15) is 0 Å². The van der Waals surface area contributed by atoms with Crippen molar-refractivity contribution < 1.29 is 9.53 Å². The van der Waals surface area contributed by atoms with Crippen LogP contribution in [-0.2, 0) is 11.8 Å². The number of fused-ring (bicyclic) bond motifs is 1. The molecule has 0 aliphatic carbocycles. The molecule has 0 radical (unpaired) electrons. The van der Waals surface area contributed by atoms with E-state index in [1.165, 1.54) is 5.56 Å². The zero-order valence-electron chi connectivity index (χ0n) is 16.4. The molecule has 0 saturated carbocycles. The Morgan fingerprint density at radius 1 is 1.25 bits per heavy atom. The SMILES string of the molecule is Cc1ccc2c(c1)cc(C(=O)NCC(c1cccnc1)N1CCOCC1)n2C. The molecule has 1 atom stereocenters. The molecule has 1 fully saturated rings. The largest absolute Gasteiger partial charge is 0.379 e. The molecular formula is C22H26N4O2. The number of hydrogen-bond donors (Lipinski definition) is 1. The highest BCUT2D eigenvalue weighted by molar-refractivity contribution is 5.98. The summed E-state index contributed by atoms with van der Waals surface area (Å²) in [6.07, 6.45) is 3.65. The van der Waals surface area contributed by atoms with Crippen molar-refractivity contribution in [2.45, 2.75) is 13.0 Å². The number of carbonyl (C=O) groups excluding carboxylic acids is 1. The molecule has 3 aromatic rings. The molecule has 1 N–H and O–H groups in total. The highest BCUT2D eigenvalue weighted by Gasteiger charge is 2.24. The van der Waals surface area contributed by atoms with E-state index >= 15 is 0 Å².